The molecule has 37 heavy (non-hydrogen) atoms. The van der Waals surface area contributed by atoms with Gasteiger partial charge in [0, 0.05) is 11.1 Å². The van der Waals surface area contributed by atoms with Gasteiger partial charge in [0.1, 0.15) is 5.75 Å². The number of hydrogen-bond acceptors (Lipinski definition) is 9. The zero-order chi connectivity index (χ0) is 25.8. The molecule has 9 heteroatoms. The predicted octanol–water partition coefficient (Wildman–Crippen LogP) is 4.78. The molecular formula is C28H23NO8. The van der Waals surface area contributed by atoms with Crippen LogP contribution in [0.1, 0.15) is 35.3 Å². The SMILES string of the molecule is CCOc1ccc(C2=N/C(=C\c3ccccc3OC(=O)c3ccc4c(c3)OCO4)C(=O)O2)cc1OCC. The molecule has 2 aliphatic rings. The van der Waals surface area contributed by atoms with Crippen LogP contribution in [-0.2, 0) is 9.53 Å². The van der Waals surface area contributed by atoms with Crippen LogP contribution in [0.2, 0.25) is 0 Å². The number of rotatable bonds is 8. The molecule has 0 radical (unpaired) electrons. The highest BCUT2D eigenvalue weighted by atomic mass is 16.7. The van der Waals surface area contributed by atoms with Gasteiger partial charge in [0.2, 0.25) is 12.7 Å². The second kappa shape index (κ2) is 10.4. The number of carbonyl (C=O) groups excluding carboxylic acids is 2. The minimum Gasteiger partial charge on any atom is -0.490 e. The normalized spacial score (nSPS) is 14.8. The highest BCUT2D eigenvalue weighted by molar-refractivity contribution is 6.13. The maximum atomic E-state index is 12.8. The van der Waals surface area contributed by atoms with E-state index in [2.05, 4.69) is 4.99 Å². The Labute approximate surface area is 212 Å². The van der Waals surface area contributed by atoms with Crippen LogP contribution in [-0.4, -0.2) is 37.8 Å². The molecule has 2 aliphatic heterocycles. The van der Waals surface area contributed by atoms with Crippen LogP contribution in [0.15, 0.2) is 71.4 Å². The van der Waals surface area contributed by atoms with Gasteiger partial charge in [-0.1, -0.05) is 18.2 Å². The first-order valence-electron chi connectivity index (χ1n) is 11.7. The van der Waals surface area contributed by atoms with Gasteiger partial charge in [0.25, 0.3) is 0 Å². The number of ether oxygens (including phenoxy) is 6. The molecule has 0 saturated heterocycles. The van der Waals surface area contributed by atoms with Crippen LogP contribution in [0, 0.1) is 0 Å². The van der Waals surface area contributed by atoms with Gasteiger partial charge in [-0.2, -0.15) is 0 Å². The van der Waals surface area contributed by atoms with Crippen LogP contribution in [0.25, 0.3) is 6.08 Å². The molecule has 0 aromatic heterocycles. The lowest BCUT2D eigenvalue weighted by Gasteiger charge is -2.11. The Kier molecular flexibility index (Phi) is 6.76. The standard InChI is InChI=1S/C28H23NO8/c1-3-32-22-11-9-18(14-24(22)33-4-2)26-29-20(28(31)37-26)13-17-7-5-6-8-21(17)36-27(30)19-10-12-23-25(15-19)35-16-34-23/h5-15H,3-4,16H2,1-2H3/b20-13-. The third-order valence-corrected chi connectivity index (χ3v) is 5.43. The third kappa shape index (κ3) is 5.11. The average molecular weight is 501 g/mol. The summed E-state index contributed by atoms with van der Waals surface area (Å²) in [7, 11) is 0. The zero-order valence-corrected chi connectivity index (χ0v) is 20.2. The van der Waals surface area contributed by atoms with E-state index < -0.39 is 11.9 Å². The minimum atomic E-state index is -0.626. The van der Waals surface area contributed by atoms with Crippen molar-refractivity contribution >= 4 is 23.9 Å². The first kappa shape index (κ1) is 23.9. The van der Waals surface area contributed by atoms with Gasteiger partial charge in [-0.3, -0.25) is 0 Å². The first-order chi connectivity index (χ1) is 18.1. The van der Waals surface area contributed by atoms with Crippen LogP contribution in [0.4, 0.5) is 0 Å². The van der Waals surface area contributed by atoms with E-state index in [1.54, 1.807) is 60.7 Å². The molecule has 2 heterocycles. The average Bonchev–Trinajstić information content (AvgIpc) is 3.52. The third-order valence-electron chi connectivity index (χ3n) is 5.43. The summed E-state index contributed by atoms with van der Waals surface area (Å²) < 4.78 is 32.9. The van der Waals surface area contributed by atoms with Gasteiger partial charge in [0.05, 0.1) is 18.8 Å². The minimum absolute atomic E-state index is 0.0634. The van der Waals surface area contributed by atoms with Gasteiger partial charge in [-0.25, -0.2) is 14.6 Å². The van der Waals surface area contributed by atoms with Crippen molar-refractivity contribution in [1.82, 2.24) is 0 Å². The molecule has 3 aromatic rings. The van der Waals surface area contributed by atoms with Crippen molar-refractivity contribution in [2.24, 2.45) is 4.99 Å². The molecule has 0 aliphatic carbocycles. The smallest absolute Gasteiger partial charge is 0.363 e. The molecule has 5 rings (SSSR count). The Morgan fingerprint density at radius 3 is 2.54 bits per heavy atom. The Bertz CT molecular complexity index is 1430. The lowest BCUT2D eigenvalue weighted by molar-refractivity contribution is -0.129. The van der Waals surface area contributed by atoms with Gasteiger partial charge in [0.15, 0.2) is 28.7 Å². The number of aliphatic imine (C=N–C) groups is 1. The van der Waals surface area contributed by atoms with Crippen LogP contribution < -0.4 is 23.7 Å². The highest BCUT2D eigenvalue weighted by Crippen LogP contribution is 2.34. The summed E-state index contributed by atoms with van der Waals surface area (Å²) in [6.07, 6.45) is 1.51. The van der Waals surface area contributed by atoms with Crippen molar-refractivity contribution < 1.29 is 38.0 Å². The fourth-order valence-corrected chi connectivity index (χ4v) is 3.74. The molecule has 0 saturated carbocycles. The van der Waals surface area contributed by atoms with Crippen LogP contribution in [0.5, 0.6) is 28.7 Å². The molecule has 0 N–H and O–H groups in total. The molecule has 0 bridgehead atoms. The number of para-hydroxylation sites is 1. The van der Waals surface area contributed by atoms with Crippen LogP contribution in [0.3, 0.4) is 0 Å². The summed E-state index contributed by atoms with van der Waals surface area (Å²) in [6.45, 7) is 4.79. The number of cyclic esters (lactones) is 1. The maximum absolute atomic E-state index is 12.8. The summed E-state index contributed by atoms with van der Waals surface area (Å²) in [5.41, 5.74) is 1.41. The molecular weight excluding hydrogens is 478 g/mol. The molecule has 3 aromatic carbocycles. The van der Waals surface area contributed by atoms with E-state index in [4.69, 9.17) is 28.4 Å². The van der Waals surface area contributed by atoms with Gasteiger partial charge < -0.3 is 28.4 Å². The van der Waals surface area contributed by atoms with Crippen molar-refractivity contribution in [3.8, 4) is 28.7 Å². The maximum Gasteiger partial charge on any atom is 0.363 e. The number of hydrogen-bond donors (Lipinski definition) is 0. The summed E-state index contributed by atoms with van der Waals surface area (Å²) in [5, 5.41) is 0. The summed E-state index contributed by atoms with van der Waals surface area (Å²) in [6, 6.07) is 16.8. The Morgan fingerprint density at radius 2 is 1.70 bits per heavy atom. The first-order valence-corrected chi connectivity index (χ1v) is 11.7. The largest absolute Gasteiger partial charge is 0.490 e. The molecule has 188 valence electrons. The number of benzene rings is 3. The second-order valence-corrected chi connectivity index (χ2v) is 7.86. The fraction of sp³-hybridized carbons (Fsp3) is 0.179. The van der Waals surface area contributed by atoms with E-state index in [0.29, 0.717) is 52.9 Å². The predicted molar refractivity (Wildman–Crippen MR) is 133 cm³/mol. The monoisotopic (exact) mass is 501 g/mol. The summed E-state index contributed by atoms with van der Waals surface area (Å²) >= 11 is 0. The fourth-order valence-electron chi connectivity index (χ4n) is 3.74. The number of carbonyl (C=O) groups is 2. The van der Waals surface area contributed by atoms with Crippen molar-refractivity contribution in [3.63, 3.8) is 0 Å². The topological polar surface area (TPSA) is 102 Å². The van der Waals surface area contributed by atoms with E-state index in [9.17, 15) is 9.59 Å². The number of esters is 2. The van der Waals surface area contributed by atoms with E-state index in [1.165, 1.54) is 6.08 Å². The van der Waals surface area contributed by atoms with Crippen molar-refractivity contribution in [2.45, 2.75) is 13.8 Å². The highest BCUT2D eigenvalue weighted by Gasteiger charge is 2.26. The quantitative estimate of drug-likeness (QED) is 0.247. The number of nitrogens with zero attached hydrogens (tertiary/aromatic N) is 1. The van der Waals surface area contributed by atoms with Crippen molar-refractivity contribution in [1.29, 1.82) is 0 Å². The Balaban J connectivity index is 1.40. The van der Waals surface area contributed by atoms with Gasteiger partial charge >= 0.3 is 11.9 Å². The van der Waals surface area contributed by atoms with E-state index >= 15 is 0 Å². The van der Waals surface area contributed by atoms with Gasteiger partial charge in [-0.05, 0) is 62.4 Å². The lowest BCUT2D eigenvalue weighted by atomic mass is 10.1. The van der Waals surface area contributed by atoms with E-state index in [-0.39, 0.29) is 24.1 Å². The lowest BCUT2D eigenvalue weighted by Crippen LogP contribution is -2.09. The second-order valence-electron chi connectivity index (χ2n) is 7.86. The molecule has 0 unspecified atom stereocenters. The number of fused-ring (bicyclic) bond motifs is 1. The zero-order valence-electron chi connectivity index (χ0n) is 20.2. The molecule has 0 spiro atoms. The summed E-state index contributed by atoms with van der Waals surface area (Å²) in [5.74, 6) is 1.34. The molecule has 0 amide bonds. The molecule has 0 atom stereocenters. The molecule has 0 fully saturated rings. The van der Waals surface area contributed by atoms with Crippen molar-refractivity contribution in [3.05, 3.63) is 83.1 Å². The van der Waals surface area contributed by atoms with E-state index in [1.807, 2.05) is 13.8 Å². The summed E-state index contributed by atoms with van der Waals surface area (Å²) in [4.78, 5) is 29.8. The Morgan fingerprint density at radius 1 is 0.919 bits per heavy atom. The van der Waals surface area contributed by atoms with Gasteiger partial charge in [-0.15, -0.1) is 0 Å². The van der Waals surface area contributed by atoms with Crippen molar-refractivity contribution in [2.75, 3.05) is 20.0 Å². The van der Waals surface area contributed by atoms with Crippen LogP contribution >= 0.6 is 0 Å². The Hall–Kier alpha value is -4.79. The van der Waals surface area contributed by atoms with E-state index in [0.717, 1.165) is 0 Å². The molecule has 9 nitrogen and oxygen atoms in total.